The molecular formula is C11H19N3O3S. The molecule has 1 aromatic heterocycles. The molecule has 18 heavy (non-hydrogen) atoms. The summed E-state index contributed by atoms with van der Waals surface area (Å²) in [6.45, 7) is 5.18. The van der Waals surface area contributed by atoms with Crippen molar-refractivity contribution in [2.24, 2.45) is 5.14 Å². The van der Waals surface area contributed by atoms with E-state index in [1.165, 1.54) is 0 Å². The number of aromatic nitrogens is 1. The van der Waals surface area contributed by atoms with Crippen LogP contribution in [0.3, 0.4) is 0 Å². The third-order valence-electron chi connectivity index (χ3n) is 3.33. The highest BCUT2D eigenvalue weighted by Gasteiger charge is 2.29. The fraction of sp³-hybridized carbons (Fsp3) is 0.727. The first kappa shape index (κ1) is 13.5. The molecule has 2 rings (SSSR count). The molecule has 1 saturated heterocycles. The van der Waals surface area contributed by atoms with Crippen LogP contribution in [0.2, 0.25) is 0 Å². The summed E-state index contributed by atoms with van der Waals surface area (Å²) in [7, 11) is -3.43. The fourth-order valence-electron chi connectivity index (χ4n) is 2.34. The molecule has 1 aromatic rings. The zero-order valence-electron chi connectivity index (χ0n) is 10.7. The van der Waals surface area contributed by atoms with E-state index in [2.05, 4.69) is 9.88 Å². The Hall–Kier alpha value is -0.920. The summed E-state index contributed by atoms with van der Waals surface area (Å²) in [5.41, 5.74) is 0.882. The van der Waals surface area contributed by atoms with E-state index in [9.17, 15) is 8.42 Å². The lowest BCUT2D eigenvalue weighted by Gasteiger charge is -2.21. The van der Waals surface area contributed by atoms with Gasteiger partial charge in [0.15, 0.2) is 0 Å². The van der Waals surface area contributed by atoms with Gasteiger partial charge in [-0.1, -0.05) is 0 Å². The Kier molecular flexibility index (Phi) is 3.74. The maximum absolute atomic E-state index is 11.2. The van der Waals surface area contributed by atoms with Gasteiger partial charge in [-0.2, -0.15) is 0 Å². The number of aryl methyl sites for hydroxylation is 2. The normalized spacial score (nSPS) is 21.6. The van der Waals surface area contributed by atoms with Crippen LogP contribution >= 0.6 is 0 Å². The average Bonchev–Trinajstić information content (AvgIpc) is 2.74. The molecule has 1 aliphatic heterocycles. The summed E-state index contributed by atoms with van der Waals surface area (Å²) in [6, 6.07) is -0.0208. The number of nitrogens with two attached hydrogens (primary N) is 1. The van der Waals surface area contributed by atoms with Gasteiger partial charge in [-0.05, 0) is 33.2 Å². The van der Waals surface area contributed by atoms with Crippen molar-refractivity contribution in [1.82, 2.24) is 9.88 Å². The van der Waals surface area contributed by atoms with Gasteiger partial charge in [-0.25, -0.2) is 18.5 Å². The molecule has 0 saturated carbocycles. The van der Waals surface area contributed by atoms with Crippen LogP contribution < -0.4 is 5.14 Å². The van der Waals surface area contributed by atoms with E-state index < -0.39 is 10.0 Å². The smallest absolute Gasteiger partial charge is 0.210 e. The number of rotatable bonds is 4. The number of hydrogen-bond donors (Lipinski definition) is 1. The Morgan fingerprint density at radius 1 is 1.50 bits per heavy atom. The average molecular weight is 273 g/mol. The summed E-state index contributed by atoms with van der Waals surface area (Å²) in [6.07, 6.45) is 1.84. The van der Waals surface area contributed by atoms with Gasteiger partial charge in [0.25, 0.3) is 0 Å². The van der Waals surface area contributed by atoms with Crippen LogP contribution in [0.5, 0.6) is 0 Å². The van der Waals surface area contributed by atoms with Crippen LogP contribution in [0, 0.1) is 13.8 Å². The van der Waals surface area contributed by atoms with Crippen molar-refractivity contribution in [3.63, 3.8) is 0 Å². The van der Waals surface area contributed by atoms with Gasteiger partial charge in [0.2, 0.25) is 15.9 Å². The maximum Gasteiger partial charge on any atom is 0.210 e. The van der Waals surface area contributed by atoms with Crippen molar-refractivity contribution in [2.75, 3.05) is 12.3 Å². The van der Waals surface area contributed by atoms with Crippen LogP contribution in [-0.2, 0) is 16.6 Å². The summed E-state index contributed by atoms with van der Waals surface area (Å²) in [5, 5.41) is 5.11. The molecule has 0 amide bonds. The minimum Gasteiger partial charge on any atom is -0.444 e. The first-order valence-electron chi connectivity index (χ1n) is 6.02. The zero-order valence-corrected chi connectivity index (χ0v) is 11.5. The zero-order chi connectivity index (χ0) is 13.3. The summed E-state index contributed by atoms with van der Waals surface area (Å²) in [5.74, 6) is 1.46. The molecule has 2 N–H and O–H groups in total. The van der Waals surface area contributed by atoms with Crippen molar-refractivity contribution < 1.29 is 12.8 Å². The molecule has 0 aromatic carbocycles. The van der Waals surface area contributed by atoms with E-state index in [1.54, 1.807) is 0 Å². The minimum atomic E-state index is -3.43. The second-order valence-corrected chi connectivity index (χ2v) is 6.50. The number of sulfonamides is 1. The molecule has 7 heteroatoms. The molecule has 1 atom stereocenters. The maximum atomic E-state index is 11.2. The molecular weight excluding hydrogens is 254 g/mol. The van der Waals surface area contributed by atoms with Crippen molar-refractivity contribution in [2.45, 2.75) is 39.3 Å². The van der Waals surface area contributed by atoms with E-state index in [0.29, 0.717) is 12.4 Å². The molecule has 102 valence electrons. The van der Waals surface area contributed by atoms with Gasteiger partial charge < -0.3 is 4.42 Å². The Labute approximate surface area is 107 Å². The summed E-state index contributed by atoms with van der Waals surface area (Å²) in [4.78, 5) is 6.39. The van der Waals surface area contributed by atoms with E-state index in [0.717, 1.165) is 30.8 Å². The Morgan fingerprint density at radius 2 is 2.22 bits per heavy atom. The molecule has 6 nitrogen and oxygen atoms in total. The SMILES string of the molecule is Cc1nc(CN2CCC[C@@H]2CS(N)(=O)=O)oc1C. The van der Waals surface area contributed by atoms with Crippen molar-refractivity contribution in [1.29, 1.82) is 0 Å². The molecule has 0 aliphatic carbocycles. The van der Waals surface area contributed by atoms with Gasteiger partial charge in [-0.3, -0.25) is 4.90 Å². The van der Waals surface area contributed by atoms with Crippen molar-refractivity contribution in [3.8, 4) is 0 Å². The number of primary sulfonamides is 1. The summed E-state index contributed by atoms with van der Waals surface area (Å²) < 4.78 is 27.8. The quantitative estimate of drug-likeness (QED) is 0.865. The highest BCUT2D eigenvalue weighted by molar-refractivity contribution is 7.89. The third-order valence-corrected chi connectivity index (χ3v) is 4.18. The molecule has 0 radical (unpaired) electrons. The van der Waals surface area contributed by atoms with Crippen LogP contribution in [-0.4, -0.2) is 36.6 Å². The van der Waals surface area contributed by atoms with E-state index in [4.69, 9.17) is 9.56 Å². The van der Waals surface area contributed by atoms with Gasteiger partial charge in [0, 0.05) is 6.04 Å². The van der Waals surface area contributed by atoms with E-state index in [1.807, 2.05) is 13.8 Å². The van der Waals surface area contributed by atoms with Crippen LogP contribution in [0.25, 0.3) is 0 Å². The Morgan fingerprint density at radius 3 is 2.78 bits per heavy atom. The largest absolute Gasteiger partial charge is 0.444 e. The van der Waals surface area contributed by atoms with Crippen LogP contribution in [0.1, 0.15) is 30.2 Å². The van der Waals surface area contributed by atoms with E-state index in [-0.39, 0.29) is 11.8 Å². The number of nitrogens with zero attached hydrogens (tertiary/aromatic N) is 2. The first-order chi connectivity index (χ1) is 8.35. The second kappa shape index (κ2) is 4.99. The first-order valence-corrected chi connectivity index (χ1v) is 7.74. The van der Waals surface area contributed by atoms with Crippen molar-refractivity contribution >= 4 is 10.0 Å². The molecule has 1 fully saturated rings. The number of oxazole rings is 1. The lowest BCUT2D eigenvalue weighted by Crippen LogP contribution is -2.37. The predicted octanol–water partition coefficient (Wildman–Crippen LogP) is 0.544. The van der Waals surface area contributed by atoms with E-state index >= 15 is 0 Å². The predicted molar refractivity (Wildman–Crippen MR) is 67.4 cm³/mol. The lowest BCUT2D eigenvalue weighted by atomic mass is 10.2. The minimum absolute atomic E-state index is 0.00563. The number of likely N-dealkylation sites (tertiary alicyclic amines) is 1. The highest BCUT2D eigenvalue weighted by Crippen LogP contribution is 2.21. The van der Waals surface area contributed by atoms with Gasteiger partial charge >= 0.3 is 0 Å². The second-order valence-electron chi connectivity index (χ2n) is 4.85. The van der Waals surface area contributed by atoms with Gasteiger partial charge in [0.05, 0.1) is 18.0 Å². The Balaban J connectivity index is 2.04. The number of hydrogen-bond acceptors (Lipinski definition) is 5. The van der Waals surface area contributed by atoms with Crippen LogP contribution in [0.15, 0.2) is 4.42 Å². The molecule has 0 unspecified atom stereocenters. The molecule has 0 spiro atoms. The molecule has 0 bridgehead atoms. The summed E-state index contributed by atoms with van der Waals surface area (Å²) >= 11 is 0. The molecule has 1 aliphatic rings. The topological polar surface area (TPSA) is 89.4 Å². The highest BCUT2D eigenvalue weighted by atomic mass is 32.2. The Bertz CT molecular complexity index is 504. The standard InChI is InChI=1S/C11H19N3O3S/c1-8-9(2)17-11(13-8)6-14-5-3-4-10(14)7-18(12,15)16/h10H,3-7H2,1-2H3,(H2,12,15,16)/t10-/m1/s1. The van der Waals surface area contributed by atoms with Gasteiger partial charge in [-0.15, -0.1) is 0 Å². The monoisotopic (exact) mass is 273 g/mol. The lowest BCUT2D eigenvalue weighted by molar-refractivity contribution is 0.233. The van der Waals surface area contributed by atoms with Crippen LogP contribution in [0.4, 0.5) is 0 Å². The van der Waals surface area contributed by atoms with Crippen molar-refractivity contribution in [3.05, 3.63) is 17.3 Å². The van der Waals surface area contributed by atoms with Gasteiger partial charge in [0.1, 0.15) is 5.76 Å². The third kappa shape index (κ3) is 3.30. The fourth-order valence-corrected chi connectivity index (χ4v) is 3.25. The molecule has 2 heterocycles.